The molecule has 3 N–H and O–H groups in total. The van der Waals surface area contributed by atoms with Crippen molar-refractivity contribution >= 4 is 55.0 Å². The molecule has 0 spiro atoms. The number of aromatic nitrogens is 3. The van der Waals surface area contributed by atoms with Crippen LogP contribution < -0.4 is 10.8 Å². The smallest absolute Gasteiger partial charge is 0.267 e. The number of likely N-dealkylation sites (tertiary alicyclic amines) is 1. The number of piperidine rings is 1. The van der Waals surface area contributed by atoms with Gasteiger partial charge in [-0.2, -0.15) is 0 Å². The lowest BCUT2D eigenvalue weighted by atomic mass is 10.0. The topological polar surface area (TPSA) is 103 Å². The summed E-state index contributed by atoms with van der Waals surface area (Å²) >= 11 is 0. The first-order chi connectivity index (χ1) is 12.7. The summed E-state index contributed by atoms with van der Waals surface area (Å²) in [7, 11) is 0. The van der Waals surface area contributed by atoms with Crippen molar-refractivity contribution in [3.8, 4) is 0 Å². The number of hydroxylamine groups is 1. The third kappa shape index (κ3) is 8.93. The molecular weight excluding hydrogens is 439 g/mol. The van der Waals surface area contributed by atoms with Crippen molar-refractivity contribution < 1.29 is 10.0 Å². The number of nitrogens with zero attached hydrogens (tertiary/aromatic N) is 4. The summed E-state index contributed by atoms with van der Waals surface area (Å²) in [6.07, 6.45) is 11.8. The van der Waals surface area contributed by atoms with Gasteiger partial charge in [0.2, 0.25) is 0 Å². The van der Waals surface area contributed by atoms with Gasteiger partial charge < -0.3 is 5.32 Å². The van der Waals surface area contributed by atoms with Crippen LogP contribution in [0.4, 0.5) is 5.82 Å². The normalized spacial score (nSPS) is 16.1. The number of nitrogens with one attached hydrogen (secondary N) is 2. The highest BCUT2D eigenvalue weighted by Crippen LogP contribution is 2.16. The maximum Gasteiger partial charge on any atom is 0.267 e. The lowest BCUT2D eigenvalue weighted by Gasteiger charge is -2.33. The van der Waals surface area contributed by atoms with Crippen LogP contribution in [-0.2, 0) is 11.3 Å². The summed E-state index contributed by atoms with van der Waals surface area (Å²) < 4.78 is 0. The van der Waals surface area contributed by atoms with E-state index in [-0.39, 0.29) is 37.2 Å². The van der Waals surface area contributed by atoms with Gasteiger partial charge in [0, 0.05) is 37.6 Å². The Labute approximate surface area is 188 Å². The molecule has 1 saturated heterocycles. The first-order valence-electron chi connectivity index (χ1n) is 8.55. The largest absolute Gasteiger partial charge is 0.365 e. The van der Waals surface area contributed by atoms with E-state index >= 15 is 0 Å². The van der Waals surface area contributed by atoms with E-state index in [2.05, 4.69) is 25.2 Å². The molecule has 0 aromatic carbocycles. The number of hydrogen-bond donors (Lipinski definition) is 3. The molecule has 0 aliphatic carbocycles. The Bertz CT molecular complexity index is 749. The number of pyridine rings is 1. The number of rotatable bonds is 6. The third-order valence-electron chi connectivity index (χ3n) is 4.20. The number of anilines is 1. The van der Waals surface area contributed by atoms with Gasteiger partial charge in [0.1, 0.15) is 5.82 Å². The van der Waals surface area contributed by atoms with Crippen molar-refractivity contribution in [3.63, 3.8) is 0 Å². The van der Waals surface area contributed by atoms with Gasteiger partial charge in [-0.1, -0.05) is 0 Å². The zero-order chi connectivity index (χ0) is 18.2. The van der Waals surface area contributed by atoms with Gasteiger partial charge in [0.05, 0.1) is 18.1 Å². The molecular formula is C18H25Cl3N6O2. The van der Waals surface area contributed by atoms with E-state index in [1.165, 1.54) is 23.2 Å². The molecule has 29 heavy (non-hydrogen) atoms. The zero-order valence-corrected chi connectivity index (χ0v) is 18.1. The first-order valence-corrected chi connectivity index (χ1v) is 8.55. The summed E-state index contributed by atoms with van der Waals surface area (Å²) in [6.45, 7) is 2.95. The van der Waals surface area contributed by atoms with Crippen LogP contribution in [0.25, 0.3) is 6.08 Å². The third-order valence-corrected chi connectivity index (χ3v) is 4.20. The van der Waals surface area contributed by atoms with E-state index < -0.39 is 5.91 Å². The molecule has 0 unspecified atom stereocenters. The van der Waals surface area contributed by atoms with Crippen molar-refractivity contribution in [1.82, 2.24) is 25.3 Å². The van der Waals surface area contributed by atoms with Gasteiger partial charge in [-0.15, -0.1) is 37.2 Å². The molecule has 1 atom stereocenters. The van der Waals surface area contributed by atoms with E-state index in [1.807, 2.05) is 24.5 Å². The SMILES string of the molecule is Cl.Cl.Cl.O=C(/C=C/c1cnc(N[C@@H]2CCCN(Cc3ccncc3)C2)cn1)NO. The van der Waals surface area contributed by atoms with Crippen LogP contribution in [0.15, 0.2) is 43.0 Å². The molecule has 11 heteroatoms. The molecule has 0 saturated carbocycles. The second-order valence-corrected chi connectivity index (χ2v) is 6.21. The quantitative estimate of drug-likeness (QED) is 0.344. The molecule has 3 heterocycles. The molecule has 1 fully saturated rings. The Kier molecular flexibility index (Phi) is 13.1. The molecule has 1 aliphatic rings. The summed E-state index contributed by atoms with van der Waals surface area (Å²) in [5.41, 5.74) is 3.34. The van der Waals surface area contributed by atoms with Gasteiger partial charge >= 0.3 is 0 Å². The lowest BCUT2D eigenvalue weighted by Crippen LogP contribution is -2.41. The Morgan fingerprint density at radius 3 is 2.62 bits per heavy atom. The lowest BCUT2D eigenvalue weighted by molar-refractivity contribution is -0.124. The number of amides is 1. The fourth-order valence-corrected chi connectivity index (χ4v) is 2.97. The standard InChI is InChI=1S/C18H22N6O2.3ClH/c25-18(23-26)4-3-15-10-21-17(11-20-15)22-16-2-1-9-24(13-16)12-14-5-7-19-8-6-14;;;/h3-8,10-11,16,26H,1-2,9,12-13H2,(H,21,22)(H,23,25);3*1H/b4-3+;;;/t16-;;;/m1.../s1. The van der Waals surface area contributed by atoms with E-state index in [0.717, 1.165) is 32.5 Å². The maximum absolute atomic E-state index is 11.0. The van der Waals surface area contributed by atoms with Crippen molar-refractivity contribution in [2.45, 2.75) is 25.4 Å². The Balaban J connectivity index is 0.00000261. The minimum Gasteiger partial charge on any atom is -0.365 e. The highest BCUT2D eigenvalue weighted by Gasteiger charge is 2.20. The van der Waals surface area contributed by atoms with Gasteiger partial charge in [-0.3, -0.25) is 24.9 Å². The van der Waals surface area contributed by atoms with Crippen LogP contribution in [0.2, 0.25) is 0 Å². The molecule has 1 aliphatic heterocycles. The number of carbonyl (C=O) groups is 1. The van der Waals surface area contributed by atoms with Crippen molar-refractivity contribution in [2.24, 2.45) is 0 Å². The Hall–Kier alpha value is -1.97. The first kappa shape index (κ1) is 27.0. The monoisotopic (exact) mass is 462 g/mol. The van der Waals surface area contributed by atoms with E-state index in [4.69, 9.17) is 5.21 Å². The van der Waals surface area contributed by atoms with E-state index in [1.54, 1.807) is 12.4 Å². The van der Waals surface area contributed by atoms with Crippen LogP contribution in [0.5, 0.6) is 0 Å². The number of carbonyl (C=O) groups excluding carboxylic acids is 1. The van der Waals surface area contributed by atoms with Gasteiger partial charge in [-0.25, -0.2) is 10.5 Å². The maximum atomic E-state index is 11.0. The van der Waals surface area contributed by atoms with Crippen LogP contribution >= 0.6 is 37.2 Å². The zero-order valence-electron chi connectivity index (χ0n) is 15.6. The van der Waals surface area contributed by atoms with Gasteiger partial charge in [0.25, 0.3) is 5.91 Å². The van der Waals surface area contributed by atoms with Crippen LogP contribution in [0.3, 0.4) is 0 Å². The highest BCUT2D eigenvalue weighted by molar-refractivity contribution is 5.90. The molecule has 1 amide bonds. The summed E-state index contributed by atoms with van der Waals surface area (Å²) in [5.74, 6) is 0.106. The molecule has 2 aromatic rings. The predicted molar refractivity (Wildman–Crippen MR) is 119 cm³/mol. The second kappa shape index (κ2) is 14.1. The minimum atomic E-state index is -0.606. The predicted octanol–water partition coefficient (Wildman–Crippen LogP) is 2.73. The van der Waals surface area contributed by atoms with Crippen LogP contribution in [0, 0.1) is 0 Å². The summed E-state index contributed by atoms with van der Waals surface area (Å²) in [6, 6.07) is 4.42. The van der Waals surface area contributed by atoms with E-state index in [0.29, 0.717) is 17.6 Å². The fraction of sp³-hybridized carbons (Fsp3) is 0.333. The van der Waals surface area contributed by atoms with Gasteiger partial charge in [0.15, 0.2) is 0 Å². The molecule has 2 aromatic heterocycles. The highest BCUT2D eigenvalue weighted by atomic mass is 35.5. The number of halogens is 3. The van der Waals surface area contributed by atoms with Crippen molar-refractivity contribution in [3.05, 3.63) is 54.3 Å². The minimum absolute atomic E-state index is 0. The summed E-state index contributed by atoms with van der Waals surface area (Å²) in [5, 5.41) is 11.9. The van der Waals surface area contributed by atoms with Crippen molar-refractivity contribution in [2.75, 3.05) is 18.4 Å². The Morgan fingerprint density at radius 1 is 1.21 bits per heavy atom. The summed E-state index contributed by atoms with van der Waals surface area (Å²) in [4.78, 5) is 26.0. The van der Waals surface area contributed by atoms with Crippen LogP contribution in [0.1, 0.15) is 24.1 Å². The van der Waals surface area contributed by atoms with Crippen molar-refractivity contribution in [1.29, 1.82) is 0 Å². The Morgan fingerprint density at radius 2 is 1.97 bits per heavy atom. The average Bonchev–Trinajstić information content (AvgIpc) is 2.68. The van der Waals surface area contributed by atoms with Gasteiger partial charge in [-0.05, 0) is 43.2 Å². The molecule has 160 valence electrons. The molecule has 8 nitrogen and oxygen atoms in total. The fourth-order valence-electron chi connectivity index (χ4n) is 2.97. The van der Waals surface area contributed by atoms with E-state index in [9.17, 15) is 4.79 Å². The van der Waals surface area contributed by atoms with Crippen LogP contribution in [-0.4, -0.2) is 50.1 Å². The molecule has 0 bridgehead atoms. The molecule has 3 rings (SSSR count). The number of hydrogen-bond acceptors (Lipinski definition) is 7. The second-order valence-electron chi connectivity index (χ2n) is 6.21. The molecule has 0 radical (unpaired) electrons. The average molecular weight is 464 g/mol.